The highest BCUT2D eigenvalue weighted by molar-refractivity contribution is 5.96. The number of hydrogen-bond acceptors (Lipinski definition) is 7. The van der Waals surface area contributed by atoms with Crippen molar-refractivity contribution < 1.29 is 24.2 Å². The molecule has 1 fully saturated rings. The summed E-state index contributed by atoms with van der Waals surface area (Å²) < 4.78 is 6.93. The number of carbonyl (C=O) groups is 3. The van der Waals surface area contributed by atoms with E-state index in [4.69, 9.17) is 4.74 Å². The summed E-state index contributed by atoms with van der Waals surface area (Å²) in [4.78, 5) is 42.4. The van der Waals surface area contributed by atoms with Crippen molar-refractivity contribution >= 4 is 28.8 Å². The minimum Gasteiger partial charge on any atom is -0.466 e. The van der Waals surface area contributed by atoms with Crippen LogP contribution in [0.3, 0.4) is 0 Å². The van der Waals surface area contributed by atoms with Crippen LogP contribution >= 0.6 is 0 Å². The minimum atomic E-state index is -0.918. The van der Waals surface area contributed by atoms with Crippen LogP contribution in [0.5, 0.6) is 0 Å². The van der Waals surface area contributed by atoms with Crippen molar-refractivity contribution in [1.29, 1.82) is 0 Å². The van der Waals surface area contributed by atoms with Gasteiger partial charge < -0.3 is 20.1 Å². The molecule has 39 heavy (non-hydrogen) atoms. The van der Waals surface area contributed by atoms with E-state index in [0.29, 0.717) is 11.9 Å². The van der Waals surface area contributed by atoms with Gasteiger partial charge in [-0.2, -0.15) is 0 Å². The molecule has 1 aliphatic carbocycles. The van der Waals surface area contributed by atoms with Gasteiger partial charge in [0.15, 0.2) is 0 Å². The SMILES string of the molecule is CCOC(=O)[C@H]1[C@@H]2C(=O)N([C@@H](CO)Cc3ccccc3)[C@H](C(=O)NCn3nnc4ccccc43)[C@H]2C=C[C@H]1C. The number of allylic oxidation sites excluding steroid dienone is 1. The lowest BCUT2D eigenvalue weighted by atomic mass is 9.70. The molecule has 5 rings (SSSR count). The highest BCUT2D eigenvalue weighted by Gasteiger charge is 2.58. The molecule has 2 amide bonds. The molecule has 0 radical (unpaired) electrons. The fraction of sp³-hybridized carbons (Fsp3) is 0.414. The Morgan fingerprint density at radius 1 is 1.10 bits per heavy atom. The molecule has 2 N–H and O–H groups in total. The largest absolute Gasteiger partial charge is 0.466 e. The molecule has 1 saturated heterocycles. The van der Waals surface area contributed by atoms with Gasteiger partial charge in [-0.05, 0) is 37.0 Å². The molecule has 3 aromatic rings. The monoisotopic (exact) mass is 531 g/mol. The van der Waals surface area contributed by atoms with E-state index in [2.05, 4.69) is 15.6 Å². The van der Waals surface area contributed by atoms with Crippen LogP contribution in [-0.2, 0) is 32.2 Å². The molecule has 10 heteroatoms. The summed E-state index contributed by atoms with van der Waals surface area (Å²) in [6.45, 7) is 3.53. The molecule has 1 aromatic heterocycles. The van der Waals surface area contributed by atoms with Gasteiger partial charge in [-0.1, -0.05) is 66.8 Å². The number of para-hydroxylation sites is 1. The van der Waals surface area contributed by atoms with E-state index < -0.39 is 35.8 Å². The Labute approximate surface area is 226 Å². The van der Waals surface area contributed by atoms with E-state index in [1.54, 1.807) is 11.6 Å². The van der Waals surface area contributed by atoms with Gasteiger partial charge in [0.05, 0.1) is 36.6 Å². The molecule has 1 aliphatic heterocycles. The Bertz CT molecular complexity index is 1370. The van der Waals surface area contributed by atoms with E-state index in [9.17, 15) is 19.5 Å². The number of amides is 2. The van der Waals surface area contributed by atoms with Gasteiger partial charge in [0.1, 0.15) is 18.2 Å². The molecule has 0 spiro atoms. The van der Waals surface area contributed by atoms with Crippen LogP contribution in [0, 0.1) is 23.7 Å². The van der Waals surface area contributed by atoms with Gasteiger partial charge >= 0.3 is 5.97 Å². The second-order valence-corrected chi connectivity index (χ2v) is 10.1. The third kappa shape index (κ3) is 5.04. The van der Waals surface area contributed by atoms with Gasteiger partial charge in [-0.3, -0.25) is 14.4 Å². The zero-order chi connectivity index (χ0) is 27.5. The standard InChI is InChI=1S/C29H33N5O5/c1-3-39-29(38)24-18(2)13-14-21-25(24)28(37)34(20(16-35)15-19-9-5-4-6-10-19)26(21)27(36)30-17-33-23-12-8-7-11-22(23)31-32-33/h4-14,18,20-21,24-26,35H,3,15-17H2,1-2H3,(H,30,36)/t18-,20-,21+,24-,25-,26+/m1/s1. The lowest BCUT2D eigenvalue weighted by Gasteiger charge is -2.33. The Morgan fingerprint density at radius 3 is 2.59 bits per heavy atom. The number of benzene rings is 2. The van der Waals surface area contributed by atoms with Crippen molar-refractivity contribution in [3.05, 3.63) is 72.3 Å². The number of fused-ring (bicyclic) bond motifs is 2. The number of nitrogens with one attached hydrogen (secondary N) is 1. The summed E-state index contributed by atoms with van der Waals surface area (Å²) in [6, 6.07) is 15.4. The Balaban J connectivity index is 1.47. The Kier molecular flexibility index (Phi) is 7.74. The van der Waals surface area contributed by atoms with Crippen LogP contribution in [0.1, 0.15) is 19.4 Å². The van der Waals surface area contributed by atoms with Crippen LogP contribution in [0.25, 0.3) is 11.0 Å². The molecule has 0 bridgehead atoms. The van der Waals surface area contributed by atoms with Crippen LogP contribution in [0.15, 0.2) is 66.7 Å². The lowest BCUT2D eigenvalue weighted by Crippen LogP contribution is -2.53. The number of aliphatic hydroxyl groups is 1. The smallest absolute Gasteiger partial charge is 0.310 e. The van der Waals surface area contributed by atoms with Crippen molar-refractivity contribution in [3.8, 4) is 0 Å². The van der Waals surface area contributed by atoms with E-state index in [1.165, 1.54) is 4.90 Å². The van der Waals surface area contributed by atoms with Crippen molar-refractivity contribution in [2.75, 3.05) is 13.2 Å². The quantitative estimate of drug-likeness (QED) is 0.319. The maximum absolute atomic E-state index is 14.1. The van der Waals surface area contributed by atoms with Gasteiger partial charge in [0.2, 0.25) is 11.8 Å². The van der Waals surface area contributed by atoms with Crippen molar-refractivity contribution in [3.63, 3.8) is 0 Å². The van der Waals surface area contributed by atoms with E-state index in [-0.39, 0.29) is 37.6 Å². The second kappa shape index (κ2) is 11.4. The third-order valence-corrected chi connectivity index (χ3v) is 7.78. The first kappa shape index (κ1) is 26.6. The molecule has 2 heterocycles. The van der Waals surface area contributed by atoms with Crippen molar-refractivity contribution in [1.82, 2.24) is 25.2 Å². The maximum atomic E-state index is 14.1. The van der Waals surface area contributed by atoms with Crippen LogP contribution in [-0.4, -0.2) is 68.1 Å². The van der Waals surface area contributed by atoms with E-state index in [1.807, 2.05) is 73.7 Å². The van der Waals surface area contributed by atoms with Crippen molar-refractivity contribution in [2.24, 2.45) is 23.7 Å². The molecule has 6 atom stereocenters. The fourth-order valence-corrected chi connectivity index (χ4v) is 5.96. The number of aliphatic hydroxyl groups excluding tert-OH is 1. The van der Waals surface area contributed by atoms with Crippen LogP contribution < -0.4 is 5.32 Å². The highest BCUT2D eigenvalue weighted by Crippen LogP contribution is 2.45. The number of ether oxygens (including phenoxy) is 1. The molecule has 10 nitrogen and oxygen atoms in total. The molecule has 2 aromatic carbocycles. The second-order valence-electron chi connectivity index (χ2n) is 10.1. The van der Waals surface area contributed by atoms with Gasteiger partial charge in [0, 0.05) is 5.92 Å². The predicted molar refractivity (Wildman–Crippen MR) is 143 cm³/mol. The number of nitrogens with zero attached hydrogens (tertiary/aromatic N) is 4. The fourth-order valence-electron chi connectivity index (χ4n) is 5.96. The first-order valence-corrected chi connectivity index (χ1v) is 13.3. The summed E-state index contributed by atoms with van der Waals surface area (Å²) in [5, 5.41) is 21.6. The lowest BCUT2D eigenvalue weighted by molar-refractivity contribution is -0.155. The normalized spacial score (nSPS) is 24.9. The van der Waals surface area contributed by atoms with E-state index in [0.717, 1.165) is 11.1 Å². The number of carbonyl (C=O) groups excluding carboxylic acids is 3. The molecule has 0 unspecified atom stereocenters. The molecule has 0 saturated carbocycles. The summed E-state index contributed by atoms with van der Waals surface area (Å²) >= 11 is 0. The van der Waals surface area contributed by atoms with Crippen molar-refractivity contribution in [2.45, 2.75) is 39.0 Å². The summed E-state index contributed by atoms with van der Waals surface area (Å²) in [5.41, 5.74) is 2.40. The highest BCUT2D eigenvalue weighted by atomic mass is 16.5. The number of rotatable bonds is 9. The maximum Gasteiger partial charge on any atom is 0.310 e. The first-order chi connectivity index (χ1) is 18.9. The average molecular weight is 532 g/mol. The molecule has 204 valence electrons. The minimum absolute atomic E-state index is 0.0547. The Morgan fingerprint density at radius 2 is 1.85 bits per heavy atom. The summed E-state index contributed by atoms with van der Waals surface area (Å²) in [7, 11) is 0. The summed E-state index contributed by atoms with van der Waals surface area (Å²) in [5.74, 6) is -3.43. The predicted octanol–water partition coefficient (Wildman–Crippen LogP) is 1.94. The molecule has 2 aliphatic rings. The number of likely N-dealkylation sites (tertiary alicyclic amines) is 1. The molecular formula is C29H33N5O5. The van der Waals surface area contributed by atoms with E-state index >= 15 is 0 Å². The first-order valence-electron chi connectivity index (χ1n) is 13.3. The topological polar surface area (TPSA) is 127 Å². The average Bonchev–Trinajstić information content (AvgIpc) is 3.49. The van der Waals surface area contributed by atoms with Crippen LogP contribution in [0.2, 0.25) is 0 Å². The zero-order valence-corrected chi connectivity index (χ0v) is 22.0. The van der Waals surface area contributed by atoms with Gasteiger partial charge in [-0.25, -0.2) is 4.68 Å². The van der Waals surface area contributed by atoms with Gasteiger partial charge in [0.25, 0.3) is 0 Å². The number of aromatic nitrogens is 3. The molecular weight excluding hydrogens is 498 g/mol. The number of hydrogen-bond donors (Lipinski definition) is 2. The van der Waals surface area contributed by atoms with Crippen LogP contribution in [0.4, 0.5) is 0 Å². The Hall–Kier alpha value is -4.05. The number of esters is 1. The summed E-state index contributed by atoms with van der Waals surface area (Å²) in [6.07, 6.45) is 4.12. The third-order valence-electron chi connectivity index (χ3n) is 7.78. The van der Waals surface area contributed by atoms with Gasteiger partial charge in [-0.15, -0.1) is 5.10 Å². The zero-order valence-electron chi connectivity index (χ0n) is 22.0.